The van der Waals surface area contributed by atoms with Crippen molar-refractivity contribution < 1.29 is 4.79 Å². The van der Waals surface area contributed by atoms with Gasteiger partial charge in [0.25, 0.3) is 0 Å². The predicted octanol–water partition coefficient (Wildman–Crippen LogP) is 1.19. The molecule has 5 nitrogen and oxygen atoms in total. The van der Waals surface area contributed by atoms with Gasteiger partial charge in [0.05, 0.1) is 18.1 Å². The molecule has 2 heterocycles. The Morgan fingerprint density at radius 1 is 1.47 bits per heavy atom. The maximum Gasteiger partial charge on any atom is 0.224 e. The number of aromatic nitrogens is 2. The van der Waals surface area contributed by atoms with Crippen molar-refractivity contribution in [1.29, 1.82) is 0 Å². The summed E-state index contributed by atoms with van der Waals surface area (Å²) >= 11 is 0. The van der Waals surface area contributed by atoms with Crippen molar-refractivity contribution in [1.82, 2.24) is 15.3 Å². The van der Waals surface area contributed by atoms with Gasteiger partial charge < -0.3 is 10.6 Å². The smallest absolute Gasteiger partial charge is 0.224 e. The van der Waals surface area contributed by atoms with E-state index in [0.29, 0.717) is 18.0 Å². The topological polar surface area (TPSA) is 66.9 Å². The zero-order chi connectivity index (χ0) is 11.9. The molecule has 92 valence electrons. The number of hydrogen-bond donors (Lipinski definition) is 2. The van der Waals surface area contributed by atoms with Crippen molar-refractivity contribution in [2.24, 2.45) is 5.92 Å². The third kappa shape index (κ3) is 4.11. The molecule has 0 saturated carbocycles. The number of anilines is 1. The Labute approximate surface area is 101 Å². The highest BCUT2D eigenvalue weighted by Gasteiger charge is 2.14. The maximum absolute atomic E-state index is 11.7. The minimum Gasteiger partial charge on any atom is -0.323 e. The molecule has 1 saturated heterocycles. The molecule has 1 amide bonds. The summed E-state index contributed by atoms with van der Waals surface area (Å²) in [7, 11) is 0. The van der Waals surface area contributed by atoms with E-state index in [9.17, 15) is 4.79 Å². The van der Waals surface area contributed by atoms with E-state index in [1.54, 1.807) is 12.4 Å². The Balaban J connectivity index is 1.70. The van der Waals surface area contributed by atoms with Crippen LogP contribution in [0.4, 0.5) is 5.69 Å². The quantitative estimate of drug-likeness (QED) is 0.821. The number of rotatable bonds is 4. The van der Waals surface area contributed by atoms with Crippen LogP contribution >= 0.6 is 0 Å². The zero-order valence-electron chi connectivity index (χ0n) is 9.85. The highest BCUT2D eigenvalue weighted by atomic mass is 16.1. The van der Waals surface area contributed by atoms with Gasteiger partial charge >= 0.3 is 0 Å². The predicted molar refractivity (Wildman–Crippen MR) is 65.5 cm³/mol. The summed E-state index contributed by atoms with van der Waals surface area (Å²) in [6.45, 7) is 2.16. The number of carbonyl (C=O) groups excluding carboxylic acids is 1. The van der Waals surface area contributed by atoms with E-state index in [0.717, 1.165) is 19.5 Å². The lowest BCUT2D eigenvalue weighted by molar-refractivity contribution is -0.116. The first-order valence-electron chi connectivity index (χ1n) is 6.10. The number of nitrogens with one attached hydrogen (secondary N) is 2. The first kappa shape index (κ1) is 12.0. The van der Waals surface area contributed by atoms with Crippen molar-refractivity contribution in [3.63, 3.8) is 0 Å². The molecule has 1 fully saturated rings. The van der Waals surface area contributed by atoms with Gasteiger partial charge in [0, 0.05) is 6.42 Å². The lowest BCUT2D eigenvalue weighted by Crippen LogP contribution is -2.30. The molecular weight excluding hydrogens is 216 g/mol. The first-order chi connectivity index (χ1) is 8.34. The maximum atomic E-state index is 11.7. The number of carbonyl (C=O) groups is 1. The number of hydrogen-bond acceptors (Lipinski definition) is 4. The van der Waals surface area contributed by atoms with Crippen molar-refractivity contribution >= 4 is 11.6 Å². The third-order valence-electron chi connectivity index (χ3n) is 3.02. The first-order valence-corrected chi connectivity index (χ1v) is 6.10. The summed E-state index contributed by atoms with van der Waals surface area (Å²) in [5.74, 6) is 0.687. The summed E-state index contributed by atoms with van der Waals surface area (Å²) in [5.41, 5.74) is 0.666. The SMILES string of the molecule is O=C(CCC1CCCNC1)Nc1cncnc1. The fraction of sp³-hybridized carbons (Fsp3) is 0.583. The normalized spacial score (nSPS) is 19.9. The van der Waals surface area contributed by atoms with Gasteiger partial charge in [-0.3, -0.25) is 4.79 Å². The van der Waals surface area contributed by atoms with Crippen LogP contribution in [0.15, 0.2) is 18.7 Å². The minimum absolute atomic E-state index is 0.0466. The molecule has 0 bridgehead atoms. The molecule has 1 aromatic heterocycles. The number of nitrogens with zero attached hydrogens (tertiary/aromatic N) is 2. The Morgan fingerprint density at radius 2 is 2.29 bits per heavy atom. The molecule has 0 aliphatic carbocycles. The van der Waals surface area contributed by atoms with Gasteiger partial charge in [-0.2, -0.15) is 0 Å². The minimum atomic E-state index is 0.0466. The van der Waals surface area contributed by atoms with Crippen LogP contribution in [-0.2, 0) is 4.79 Å². The average Bonchev–Trinajstić information content (AvgIpc) is 2.39. The van der Waals surface area contributed by atoms with Gasteiger partial charge in [0.1, 0.15) is 6.33 Å². The zero-order valence-corrected chi connectivity index (χ0v) is 9.85. The molecule has 1 aromatic rings. The van der Waals surface area contributed by atoms with Crippen molar-refractivity contribution in [2.75, 3.05) is 18.4 Å². The Hall–Kier alpha value is -1.49. The molecule has 1 aliphatic heterocycles. The summed E-state index contributed by atoms with van der Waals surface area (Å²) in [6.07, 6.45) is 8.63. The summed E-state index contributed by atoms with van der Waals surface area (Å²) in [5, 5.41) is 6.15. The van der Waals surface area contributed by atoms with Crippen LogP contribution in [0.1, 0.15) is 25.7 Å². The molecule has 5 heteroatoms. The van der Waals surface area contributed by atoms with Gasteiger partial charge in [-0.15, -0.1) is 0 Å². The summed E-state index contributed by atoms with van der Waals surface area (Å²) in [4.78, 5) is 19.4. The Kier molecular flexibility index (Phi) is 4.44. The Morgan fingerprint density at radius 3 is 3.00 bits per heavy atom. The molecule has 17 heavy (non-hydrogen) atoms. The lowest BCUT2D eigenvalue weighted by Gasteiger charge is -2.22. The van der Waals surface area contributed by atoms with E-state index < -0.39 is 0 Å². The number of amides is 1. The summed E-state index contributed by atoms with van der Waals surface area (Å²) in [6, 6.07) is 0. The molecular formula is C12H18N4O. The molecule has 1 unspecified atom stereocenters. The van der Waals surface area contributed by atoms with E-state index in [4.69, 9.17) is 0 Å². The van der Waals surface area contributed by atoms with Crippen molar-refractivity contribution in [3.8, 4) is 0 Å². The fourth-order valence-corrected chi connectivity index (χ4v) is 2.09. The highest BCUT2D eigenvalue weighted by Crippen LogP contribution is 2.16. The van der Waals surface area contributed by atoms with Gasteiger partial charge in [0.15, 0.2) is 0 Å². The van der Waals surface area contributed by atoms with Gasteiger partial charge in [0.2, 0.25) is 5.91 Å². The van der Waals surface area contributed by atoms with Crippen molar-refractivity contribution in [2.45, 2.75) is 25.7 Å². The molecule has 0 aromatic carbocycles. The van der Waals surface area contributed by atoms with E-state index in [2.05, 4.69) is 20.6 Å². The van der Waals surface area contributed by atoms with Crippen LogP contribution in [0.25, 0.3) is 0 Å². The summed E-state index contributed by atoms with van der Waals surface area (Å²) < 4.78 is 0. The third-order valence-corrected chi connectivity index (χ3v) is 3.02. The van der Waals surface area contributed by atoms with E-state index >= 15 is 0 Å². The standard InChI is InChI=1S/C12H18N4O/c17-12(16-11-7-14-9-15-8-11)4-3-10-2-1-5-13-6-10/h7-10,13H,1-6H2,(H,16,17). The van der Waals surface area contributed by atoms with Crippen LogP contribution < -0.4 is 10.6 Å². The molecule has 0 spiro atoms. The van der Waals surface area contributed by atoms with Gasteiger partial charge in [-0.1, -0.05) is 0 Å². The molecule has 1 atom stereocenters. The van der Waals surface area contributed by atoms with Gasteiger partial charge in [-0.25, -0.2) is 9.97 Å². The lowest BCUT2D eigenvalue weighted by atomic mass is 9.94. The van der Waals surface area contributed by atoms with Crippen LogP contribution in [0, 0.1) is 5.92 Å². The van der Waals surface area contributed by atoms with Crippen LogP contribution in [0.3, 0.4) is 0 Å². The average molecular weight is 234 g/mol. The molecule has 0 radical (unpaired) electrons. The van der Waals surface area contributed by atoms with Gasteiger partial charge in [-0.05, 0) is 38.3 Å². The second kappa shape index (κ2) is 6.30. The fourth-order valence-electron chi connectivity index (χ4n) is 2.09. The van der Waals surface area contributed by atoms with Crippen LogP contribution in [0.5, 0.6) is 0 Å². The largest absolute Gasteiger partial charge is 0.323 e. The molecule has 2 N–H and O–H groups in total. The molecule has 1 aliphatic rings. The van der Waals surface area contributed by atoms with E-state index in [-0.39, 0.29) is 5.91 Å². The van der Waals surface area contributed by atoms with Crippen molar-refractivity contribution in [3.05, 3.63) is 18.7 Å². The molecule has 2 rings (SSSR count). The number of piperidine rings is 1. The monoisotopic (exact) mass is 234 g/mol. The second-order valence-electron chi connectivity index (χ2n) is 4.43. The van der Waals surface area contributed by atoms with Crippen LogP contribution in [0.2, 0.25) is 0 Å². The van der Waals surface area contributed by atoms with E-state index in [1.807, 2.05) is 0 Å². The Bertz CT molecular complexity index is 349. The van der Waals surface area contributed by atoms with Crippen LogP contribution in [-0.4, -0.2) is 29.0 Å². The second-order valence-corrected chi connectivity index (χ2v) is 4.43. The highest BCUT2D eigenvalue weighted by molar-refractivity contribution is 5.90. The van der Waals surface area contributed by atoms with E-state index in [1.165, 1.54) is 19.2 Å².